The quantitative estimate of drug-likeness (QED) is 0.742. The van der Waals surface area contributed by atoms with E-state index >= 15 is 0 Å². The molecule has 0 fully saturated rings. The van der Waals surface area contributed by atoms with Gasteiger partial charge in [0, 0.05) is 6.20 Å². The summed E-state index contributed by atoms with van der Waals surface area (Å²) < 4.78 is 5.64. The number of hydrogen-bond donors (Lipinski definition) is 2. The highest BCUT2D eigenvalue weighted by molar-refractivity contribution is 7.71. The Morgan fingerprint density at radius 3 is 2.93 bits per heavy atom. The van der Waals surface area contributed by atoms with Crippen molar-refractivity contribution in [3.63, 3.8) is 0 Å². The van der Waals surface area contributed by atoms with Crippen LogP contribution in [0.2, 0.25) is 0 Å². The second-order valence-corrected chi connectivity index (χ2v) is 3.09. The molecule has 5 heteroatoms. The highest BCUT2D eigenvalue weighted by Gasteiger charge is 2.08. The van der Waals surface area contributed by atoms with Crippen LogP contribution in [0.25, 0.3) is 11.4 Å². The molecule has 2 N–H and O–H groups in total. The Balaban J connectivity index is 2.64. The summed E-state index contributed by atoms with van der Waals surface area (Å²) >= 11 is 5.04. The number of nitrogens with zero attached hydrogens (tertiary/aromatic N) is 1. The van der Waals surface area contributed by atoms with E-state index in [1.54, 1.807) is 13.4 Å². The van der Waals surface area contributed by atoms with Gasteiger partial charge in [-0.05, 0) is 12.1 Å². The predicted molar refractivity (Wildman–Crippen MR) is 55.8 cm³/mol. The summed E-state index contributed by atoms with van der Waals surface area (Å²) in [7, 11) is 1.58. The third-order valence-electron chi connectivity index (χ3n) is 1.88. The van der Waals surface area contributed by atoms with Gasteiger partial charge in [-0.15, -0.1) is 0 Å². The average molecular weight is 207 g/mol. The molecule has 2 heterocycles. The number of aromatic nitrogens is 3. The zero-order valence-corrected chi connectivity index (χ0v) is 8.39. The lowest BCUT2D eigenvalue weighted by molar-refractivity contribution is 0.410. The summed E-state index contributed by atoms with van der Waals surface area (Å²) in [6.07, 6.45) is 3.40. The van der Waals surface area contributed by atoms with Gasteiger partial charge in [0.2, 0.25) is 0 Å². The van der Waals surface area contributed by atoms with Crippen molar-refractivity contribution in [1.29, 1.82) is 0 Å². The summed E-state index contributed by atoms with van der Waals surface area (Å²) in [4.78, 5) is 10.0. The van der Waals surface area contributed by atoms with Crippen molar-refractivity contribution in [2.75, 3.05) is 7.11 Å². The molecule has 0 saturated carbocycles. The first kappa shape index (κ1) is 8.96. The van der Waals surface area contributed by atoms with Crippen LogP contribution in [0.3, 0.4) is 0 Å². The van der Waals surface area contributed by atoms with E-state index in [0.29, 0.717) is 10.4 Å². The molecule has 0 aliphatic rings. The van der Waals surface area contributed by atoms with E-state index in [0.717, 1.165) is 11.4 Å². The molecule has 4 nitrogen and oxygen atoms in total. The van der Waals surface area contributed by atoms with E-state index in [-0.39, 0.29) is 0 Å². The normalized spacial score (nSPS) is 10.1. The molecular weight excluding hydrogens is 198 g/mol. The van der Waals surface area contributed by atoms with Crippen LogP contribution in [-0.2, 0) is 0 Å². The molecule has 0 amide bonds. The third-order valence-corrected chi connectivity index (χ3v) is 2.17. The number of rotatable bonds is 2. The molecule has 0 radical (unpaired) electrons. The number of aromatic amines is 2. The van der Waals surface area contributed by atoms with Crippen LogP contribution in [0.15, 0.2) is 24.7 Å². The topological polar surface area (TPSA) is 53.7 Å². The third kappa shape index (κ3) is 1.42. The average Bonchev–Trinajstić information content (AvgIpc) is 2.70. The van der Waals surface area contributed by atoms with Crippen molar-refractivity contribution >= 4 is 12.2 Å². The van der Waals surface area contributed by atoms with Gasteiger partial charge in [-0.2, -0.15) is 0 Å². The Morgan fingerprint density at radius 2 is 2.29 bits per heavy atom. The summed E-state index contributed by atoms with van der Waals surface area (Å²) in [6.45, 7) is 0. The summed E-state index contributed by atoms with van der Waals surface area (Å²) in [5.74, 6) is 0.588. The molecule has 0 unspecified atom stereocenters. The molecule has 0 atom stereocenters. The Labute approximate surface area is 86.0 Å². The summed E-state index contributed by atoms with van der Waals surface area (Å²) in [5.41, 5.74) is 1.74. The number of methoxy groups -OCH3 is 1. The van der Waals surface area contributed by atoms with Gasteiger partial charge in [-0.25, -0.2) is 4.98 Å². The van der Waals surface area contributed by atoms with Gasteiger partial charge in [0.15, 0.2) is 10.4 Å². The van der Waals surface area contributed by atoms with Crippen LogP contribution >= 0.6 is 12.2 Å². The molecule has 2 aromatic heterocycles. The molecule has 72 valence electrons. The Bertz CT molecular complexity index is 475. The predicted octanol–water partition coefficient (Wildman–Crippen LogP) is 2.14. The van der Waals surface area contributed by atoms with Crippen molar-refractivity contribution in [2.45, 2.75) is 0 Å². The second-order valence-electron chi connectivity index (χ2n) is 2.70. The number of ether oxygens (including phenoxy) is 1. The zero-order chi connectivity index (χ0) is 9.97. The van der Waals surface area contributed by atoms with Crippen molar-refractivity contribution in [3.8, 4) is 17.1 Å². The minimum absolute atomic E-state index is 0.454. The smallest absolute Gasteiger partial charge is 0.181 e. The van der Waals surface area contributed by atoms with Gasteiger partial charge in [0.1, 0.15) is 5.69 Å². The Hall–Kier alpha value is -1.62. The molecule has 0 saturated heterocycles. The van der Waals surface area contributed by atoms with Crippen LogP contribution < -0.4 is 4.74 Å². The summed E-state index contributed by atoms with van der Waals surface area (Å²) in [6, 6.07) is 3.84. The molecule has 2 rings (SSSR count). The SMILES string of the molecule is COc1c(-c2ccc[nH]2)[nH]cnc1=S. The largest absolute Gasteiger partial charge is 0.491 e. The van der Waals surface area contributed by atoms with E-state index < -0.39 is 0 Å². The highest BCUT2D eigenvalue weighted by atomic mass is 32.1. The van der Waals surface area contributed by atoms with Gasteiger partial charge in [0.05, 0.1) is 19.1 Å². The number of nitrogens with one attached hydrogen (secondary N) is 2. The Kier molecular flexibility index (Phi) is 2.32. The van der Waals surface area contributed by atoms with Gasteiger partial charge >= 0.3 is 0 Å². The van der Waals surface area contributed by atoms with Gasteiger partial charge in [-0.1, -0.05) is 12.2 Å². The first-order valence-electron chi connectivity index (χ1n) is 4.08. The monoisotopic (exact) mass is 207 g/mol. The number of H-pyrrole nitrogens is 2. The minimum Gasteiger partial charge on any atom is -0.491 e. The molecule has 0 spiro atoms. The highest BCUT2D eigenvalue weighted by Crippen LogP contribution is 2.25. The maximum absolute atomic E-state index is 5.18. The molecule has 0 aliphatic heterocycles. The minimum atomic E-state index is 0.454. The van der Waals surface area contributed by atoms with E-state index in [2.05, 4.69) is 15.0 Å². The fourth-order valence-electron chi connectivity index (χ4n) is 1.26. The molecule has 0 bridgehead atoms. The van der Waals surface area contributed by atoms with E-state index in [9.17, 15) is 0 Å². The van der Waals surface area contributed by atoms with Crippen molar-refractivity contribution < 1.29 is 4.74 Å². The molecule has 14 heavy (non-hydrogen) atoms. The lowest BCUT2D eigenvalue weighted by atomic mass is 10.3. The van der Waals surface area contributed by atoms with E-state index in [1.807, 2.05) is 18.3 Å². The van der Waals surface area contributed by atoms with E-state index in [4.69, 9.17) is 17.0 Å². The van der Waals surface area contributed by atoms with Crippen LogP contribution in [0.4, 0.5) is 0 Å². The van der Waals surface area contributed by atoms with Crippen LogP contribution in [-0.4, -0.2) is 22.1 Å². The number of hydrogen-bond acceptors (Lipinski definition) is 3. The van der Waals surface area contributed by atoms with Crippen LogP contribution in [0.5, 0.6) is 5.75 Å². The molecule has 2 aromatic rings. The first-order chi connectivity index (χ1) is 6.83. The van der Waals surface area contributed by atoms with Gasteiger partial charge < -0.3 is 14.7 Å². The van der Waals surface area contributed by atoms with Crippen LogP contribution in [0.1, 0.15) is 0 Å². The maximum Gasteiger partial charge on any atom is 0.181 e. The second kappa shape index (κ2) is 3.63. The fraction of sp³-hybridized carbons (Fsp3) is 0.111. The zero-order valence-electron chi connectivity index (χ0n) is 7.57. The van der Waals surface area contributed by atoms with Crippen molar-refractivity contribution in [2.24, 2.45) is 0 Å². The van der Waals surface area contributed by atoms with Crippen molar-refractivity contribution in [3.05, 3.63) is 29.3 Å². The Morgan fingerprint density at radius 1 is 1.43 bits per heavy atom. The fourth-order valence-corrected chi connectivity index (χ4v) is 1.50. The summed E-state index contributed by atoms with van der Waals surface area (Å²) in [5, 5.41) is 0. The maximum atomic E-state index is 5.18. The van der Waals surface area contributed by atoms with Gasteiger partial charge in [-0.3, -0.25) is 0 Å². The standard InChI is InChI=1S/C9H9N3OS/c1-13-8-7(6-3-2-4-10-6)11-5-12-9(8)14/h2-5,10H,1H3,(H,11,12,14). The molecule has 0 aliphatic carbocycles. The molecular formula is C9H9N3OS. The lowest BCUT2D eigenvalue weighted by Crippen LogP contribution is -1.94. The first-order valence-corrected chi connectivity index (χ1v) is 4.49. The van der Waals surface area contributed by atoms with Crippen molar-refractivity contribution in [1.82, 2.24) is 15.0 Å². The van der Waals surface area contributed by atoms with Crippen LogP contribution in [0, 0.1) is 4.64 Å². The molecule has 0 aromatic carbocycles. The van der Waals surface area contributed by atoms with E-state index in [1.165, 1.54) is 0 Å². The van der Waals surface area contributed by atoms with Gasteiger partial charge in [0.25, 0.3) is 0 Å². The lowest BCUT2D eigenvalue weighted by Gasteiger charge is -2.05.